The van der Waals surface area contributed by atoms with E-state index in [1.54, 1.807) is 6.92 Å². The van der Waals surface area contributed by atoms with Crippen molar-refractivity contribution in [2.24, 2.45) is 16.8 Å². The highest BCUT2D eigenvalue weighted by atomic mass is 35.5. The Morgan fingerprint density at radius 1 is 1.37 bits per heavy atom. The van der Waals surface area contributed by atoms with E-state index in [0.717, 1.165) is 0 Å². The molecule has 0 bridgehead atoms. The molecule has 1 amide bonds. The zero-order valence-corrected chi connectivity index (χ0v) is 12.2. The first-order valence-electron chi connectivity index (χ1n) is 5.33. The maximum absolute atomic E-state index is 12.0. The topological polar surface area (TPSA) is 87.7 Å². The second-order valence-corrected chi connectivity index (χ2v) is 4.94. The van der Waals surface area contributed by atoms with Crippen molar-refractivity contribution in [1.29, 1.82) is 0 Å². The van der Waals surface area contributed by atoms with Crippen molar-refractivity contribution in [2.75, 3.05) is 5.32 Å². The molecule has 1 aromatic rings. The van der Waals surface area contributed by atoms with Crippen molar-refractivity contribution >= 4 is 52.2 Å². The highest BCUT2D eigenvalue weighted by Gasteiger charge is 2.22. The van der Waals surface area contributed by atoms with Gasteiger partial charge in [0.25, 0.3) is 0 Å². The lowest BCUT2D eigenvalue weighted by Crippen LogP contribution is -2.34. The smallest absolute Gasteiger partial charge is 0.235 e. The lowest BCUT2D eigenvalue weighted by atomic mass is 10.0. The second-order valence-electron chi connectivity index (χ2n) is 3.72. The number of hydrogen-bond donors (Lipinski definition) is 3. The fourth-order valence-corrected chi connectivity index (χ4v) is 2.03. The molecule has 1 rings (SSSR count). The van der Waals surface area contributed by atoms with Crippen molar-refractivity contribution in [2.45, 2.75) is 13.3 Å². The summed E-state index contributed by atoms with van der Waals surface area (Å²) >= 11 is 17.6. The van der Waals surface area contributed by atoms with E-state index in [1.165, 1.54) is 12.1 Å². The molecule has 8 heteroatoms. The maximum atomic E-state index is 12.0. The van der Waals surface area contributed by atoms with Crippen molar-refractivity contribution in [3.63, 3.8) is 0 Å². The Labute approximate surface area is 125 Å². The SMILES string of the molecule is CCC(C(=O)Nc1cc(Cl)c(Cl)cc1Cl)C(N)=NO. The Balaban J connectivity index is 2.96. The van der Waals surface area contributed by atoms with Gasteiger partial charge in [0.1, 0.15) is 0 Å². The third-order valence-corrected chi connectivity index (χ3v) is 3.50. The van der Waals surface area contributed by atoms with Crippen LogP contribution in [0.3, 0.4) is 0 Å². The molecule has 0 aliphatic heterocycles. The van der Waals surface area contributed by atoms with Gasteiger partial charge in [0.05, 0.1) is 26.7 Å². The standard InChI is InChI=1S/C11H12Cl3N3O2/c1-2-5(10(15)17-19)11(18)16-9-4-7(13)6(12)3-8(9)14/h3-5,19H,2H2,1H3,(H2,15,17)(H,16,18). The highest BCUT2D eigenvalue weighted by molar-refractivity contribution is 6.44. The van der Waals surface area contributed by atoms with Gasteiger partial charge in [-0.25, -0.2) is 0 Å². The van der Waals surface area contributed by atoms with E-state index in [0.29, 0.717) is 12.1 Å². The van der Waals surface area contributed by atoms with Gasteiger partial charge in [-0.3, -0.25) is 4.79 Å². The number of anilines is 1. The molecule has 19 heavy (non-hydrogen) atoms. The first kappa shape index (κ1) is 15.9. The lowest BCUT2D eigenvalue weighted by molar-refractivity contribution is -0.118. The van der Waals surface area contributed by atoms with Crippen molar-refractivity contribution < 1.29 is 10.0 Å². The minimum absolute atomic E-state index is 0.170. The van der Waals surface area contributed by atoms with Crippen molar-refractivity contribution in [3.8, 4) is 0 Å². The van der Waals surface area contributed by atoms with Crippen LogP contribution >= 0.6 is 34.8 Å². The molecular weight excluding hydrogens is 312 g/mol. The Hall–Kier alpha value is -1.17. The molecule has 0 radical (unpaired) electrons. The Kier molecular flexibility index (Phi) is 5.72. The number of nitrogens with one attached hydrogen (secondary N) is 1. The zero-order chi connectivity index (χ0) is 14.6. The molecule has 4 N–H and O–H groups in total. The summed E-state index contributed by atoms with van der Waals surface area (Å²) < 4.78 is 0. The molecule has 0 fully saturated rings. The van der Waals surface area contributed by atoms with Crippen molar-refractivity contribution in [1.82, 2.24) is 0 Å². The predicted octanol–water partition coefficient (Wildman–Crippen LogP) is 3.36. The fourth-order valence-electron chi connectivity index (χ4n) is 1.44. The number of amidine groups is 1. The molecule has 0 saturated carbocycles. The number of benzene rings is 1. The average Bonchev–Trinajstić information content (AvgIpc) is 2.36. The predicted molar refractivity (Wildman–Crippen MR) is 77.3 cm³/mol. The fraction of sp³-hybridized carbons (Fsp3) is 0.273. The van der Waals surface area contributed by atoms with Crippen LogP contribution in [0.2, 0.25) is 15.1 Å². The van der Waals surface area contributed by atoms with Crippen molar-refractivity contribution in [3.05, 3.63) is 27.2 Å². The number of halogens is 3. The zero-order valence-electron chi connectivity index (χ0n) is 9.95. The monoisotopic (exact) mass is 323 g/mol. The summed E-state index contributed by atoms with van der Waals surface area (Å²) in [5, 5.41) is 14.8. The van der Waals surface area contributed by atoms with Crippen LogP contribution in [0, 0.1) is 5.92 Å². The summed E-state index contributed by atoms with van der Waals surface area (Å²) in [6.07, 6.45) is 0.376. The molecular formula is C11H12Cl3N3O2. The number of carbonyl (C=O) groups excluding carboxylic acids is 1. The van der Waals surface area contributed by atoms with Crippen LogP contribution in [0.1, 0.15) is 13.3 Å². The van der Waals surface area contributed by atoms with Crippen LogP contribution in [-0.4, -0.2) is 17.0 Å². The summed E-state index contributed by atoms with van der Waals surface area (Å²) in [4.78, 5) is 12.0. The van der Waals surface area contributed by atoms with E-state index in [1.807, 2.05) is 0 Å². The van der Waals surface area contributed by atoms with Gasteiger partial charge in [-0.15, -0.1) is 0 Å². The molecule has 0 saturated heterocycles. The van der Waals surface area contributed by atoms with Crippen LogP contribution in [0.4, 0.5) is 5.69 Å². The lowest BCUT2D eigenvalue weighted by Gasteiger charge is -2.14. The number of amides is 1. The molecule has 0 aliphatic carbocycles. The van der Waals surface area contributed by atoms with Gasteiger partial charge >= 0.3 is 0 Å². The van der Waals surface area contributed by atoms with Crippen LogP contribution in [-0.2, 0) is 4.79 Å². The molecule has 104 valence electrons. The minimum atomic E-state index is -0.754. The van der Waals surface area contributed by atoms with Gasteiger partial charge in [-0.05, 0) is 18.6 Å². The maximum Gasteiger partial charge on any atom is 0.235 e. The molecule has 1 aromatic carbocycles. The number of carbonyl (C=O) groups is 1. The third kappa shape index (κ3) is 3.89. The largest absolute Gasteiger partial charge is 0.409 e. The van der Waals surface area contributed by atoms with Gasteiger partial charge < -0.3 is 16.3 Å². The Bertz CT molecular complexity index is 520. The van der Waals surface area contributed by atoms with Gasteiger partial charge in [0.15, 0.2) is 5.84 Å². The van der Waals surface area contributed by atoms with Gasteiger partial charge in [-0.1, -0.05) is 46.9 Å². The van der Waals surface area contributed by atoms with E-state index in [-0.39, 0.29) is 20.9 Å². The minimum Gasteiger partial charge on any atom is -0.409 e. The molecule has 0 spiro atoms. The summed E-state index contributed by atoms with van der Waals surface area (Å²) in [6, 6.07) is 2.86. The van der Waals surface area contributed by atoms with Crippen LogP contribution in [0.5, 0.6) is 0 Å². The molecule has 0 heterocycles. The Morgan fingerprint density at radius 2 is 1.95 bits per heavy atom. The number of oxime groups is 1. The Morgan fingerprint density at radius 3 is 2.47 bits per heavy atom. The first-order chi connectivity index (χ1) is 8.90. The first-order valence-corrected chi connectivity index (χ1v) is 6.46. The van der Waals surface area contributed by atoms with Crippen LogP contribution in [0.25, 0.3) is 0 Å². The van der Waals surface area contributed by atoms with E-state index in [9.17, 15) is 4.79 Å². The average molecular weight is 325 g/mol. The summed E-state index contributed by atoms with van der Waals surface area (Å²) in [7, 11) is 0. The van der Waals surface area contributed by atoms with Gasteiger partial charge in [0, 0.05) is 0 Å². The third-order valence-electron chi connectivity index (χ3n) is 2.47. The molecule has 1 atom stereocenters. The molecule has 5 nitrogen and oxygen atoms in total. The van der Waals surface area contributed by atoms with E-state index < -0.39 is 11.8 Å². The quantitative estimate of drug-likeness (QED) is 0.261. The van der Waals surface area contributed by atoms with E-state index in [4.69, 9.17) is 45.7 Å². The van der Waals surface area contributed by atoms with Gasteiger partial charge in [-0.2, -0.15) is 0 Å². The number of hydrogen-bond acceptors (Lipinski definition) is 3. The van der Waals surface area contributed by atoms with Crippen LogP contribution in [0.15, 0.2) is 17.3 Å². The second kappa shape index (κ2) is 6.84. The molecule has 1 unspecified atom stereocenters. The van der Waals surface area contributed by atoms with Crippen LogP contribution < -0.4 is 11.1 Å². The van der Waals surface area contributed by atoms with Gasteiger partial charge in [0.2, 0.25) is 5.91 Å². The molecule has 0 aliphatic rings. The number of rotatable bonds is 4. The highest BCUT2D eigenvalue weighted by Crippen LogP contribution is 2.32. The summed E-state index contributed by atoms with van der Waals surface area (Å²) in [5.74, 6) is -1.37. The van der Waals surface area contributed by atoms with E-state index >= 15 is 0 Å². The normalized spacial score (nSPS) is 13.2. The van der Waals surface area contributed by atoms with E-state index in [2.05, 4.69) is 10.5 Å². The number of nitrogens with zero attached hydrogens (tertiary/aromatic N) is 1. The number of nitrogens with two attached hydrogens (primary N) is 1. The summed E-state index contributed by atoms with van der Waals surface area (Å²) in [5.41, 5.74) is 5.74. The summed E-state index contributed by atoms with van der Waals surface area (Å²) in [6.45, 7) is 1.73. The molecule has 0 aromatic heterocycles.